The maximum Gasteiger partial charge on any atom is 0.267 e. The van der Waals surface area contributed by atoms with Crippen molar-refractivity contribution in [3.63, 3.8) is 0 Å². The number of carbonyl (C=O) groups is 2. The van der Waals surface area contributed by atoms with Crippen molar-refractivity contribution in [2.45, 2.75) is 19.9 Å². The summed E-state index contributed by atoms with van der Waals surface area (Å²) in [5, 5.41) is 14.1. The summed E-state index contributed by atoms with van der Waals surface area (Å²) in [6.45, 7) is 1.30. The molecule has 3 rings (SSSR count). The number of pyridine rings is 2. The maximum atomic E-state index is 13.8. The first-order valence-electron chi connectivity index (χ1n) is 10.2. The highest BCUT2D eigenvalue weighted by Crippen LogP contribution is 2.27. The Hall–Kier alpha value is -3.79. The van der Waals surface area contributed by atoms with Gasteiger partial charge in [-0.3, -0.25) is 19.4 Å². The van der Waals surface area contributed by atoms with Gasteiger partial charge in [0.2, 0.25) is 5.91 Å². The van der Waals surface area contributed by atoms with Gasteiger partial charge < -0.3 is 25.0 Å². The molecule has 1 aromatic carbocycles. The first-order valence-corrected chi connectivity index (χ1v) is 10.2. The van der Waals surface area contributed by atoms with Crippen LogP contribution in [-0.2, 0) is 24.8 Å². The van der Waals surface area contributed by atoms with Crippen LogP contribution in [0.1, 0.15) is 34.0 Å². The first-order chi connectivity index (χ1) is 15.8. The summed E-state index contributed by atoms with van der Waals surface area (Å²) >= 11 is 0. The van der Waals surface area contributed by atoms with Gasteiger partial charge in [0.1, 0.15) is 16.9 Å². The highest BCUT2D eigenvalue weighted by molar-refractivity contribution is 6.01. The second-order valence-electron chi connectivity index (χ2n) is 7.46. The molecule has 0 aliphatic heterocycles. The van der Waals surface area contributed by atoms with Gasteiger partial charge in [0, 0.05) is 33.3 Å². The number of nitrogens with zero attached hydrogens (tertiary/aromatic N) is 2. The van der Waals surface area contributed by atoms with Crippen molar-refractivity contribution in [2.75, 3.05) is 20.3 Å². The summed E-state index contributed by atoms with van der Waals surface area (Å²) in [5.41, 5.74) is 2.19. The number of hydrogen-bond donors (Lipinski definition) is 3. The predicted octanol–water partition coefficient (Wildman–Crippen LogP) is 1.03. The molecule has 33 heavy (non-hydrogen) atoms. The molecular formula is C23H25FN4O5. The molecule has 0 unspecified atom stereocenters. The van der Waals surface area contributed by atoms with Crippen LogP contribution in [0.15, 0.2) is 35.3 Å². The summed E-state index contributed by atoms with van der Waals surface area (Å²) in [6, 6.07) is 6.12. The summed E-state index contributed by atoms with van der Waals surface area (Å²) < 4.78 is 20.4. The normalized spacial score (nSPS) is 10.8. The molecule has 0 atom stereocenters. The molecule has 2 amide bonds. The fraction of sp³-hybridized carbons (Fsp3) is 0.304. The van der Waals surface area contributed by atoms with Crippen LogP contribution in [0.5, 0.6) is 5.75 Å². The smallest absolute Gasteiger partial charge is 0.267 e. The number of hydrogen-bond acceptors (Lipinski definition) is 6. The van der Waals surface area contributed by atoms with E-state index in [2.05, 4.69) is 15.6 Å². The summed E-state index contributed by atoms with van der Waals surface area (Å²) in [4.78, 5) is 41.1. The van der Waals surface area contributed by atoms with E-state index >= 15 is 0 Å². The minimum absolute atomic E-state index is 0.00592. The summed E-state index contributed by atoms with van der Waals surface area (Å²) in [7, 11) is 2.87. The number of halogens is 1. The Morgan fingerprint density at radius 2 is 1.97 bits per heavy atom. The van der Waals surface area contributed by atoms with E-state index in [1.807, 2.05) is 0 Å². The Bertz CT molecular complexity index is 1270. The van der Waals surface area contributed by atoms with E-state index in [1.165, 1.54) is 37.8 Å². The average Bonchev–Trinajstić information content (AvgIpc) is 2.79. The molecule has 0 saturated carbocycles. The lowest BCUT2D eigenvalue weighted by molar-refractivity contribution is -0.119. The van der Waals surface area contributed by atoms with Gasteiger partial charge in [-0.2, -0.15) is 0 Å². The number of aryl methyl sites for hydroxylation is 1. The topological polar surface area (TPSA) is 123 Å². The van der Waals surface area contributed by atoms with Crippen LogP contribution in [0, 0.1) is 5.82 Å². The van der Waals surface area contributed by atoms with E-state index in [9.17, 15) is 18.8 Å². The number of nitrogens with one attached hydrogen (secondary N) is 2. The van der Waals surface area contributed by atoms with Crippen molar-refractivity contribution in [1.82, 2.24) is 20.2 Å². The Morgan fingerprint density at radius 3 is 2.64 bits per heavy atom. The number of aliphatic hydroxyl groups excluding tert-OH is 1. The van der Waals surface area contributed by atoms with Crippen LogP contribution in [0.25, 0.3) is 11.0 Å². The van der Waals surface area contributed by atoms with Gasteiger partial charge >= 0.3 is 0 Å². The summed E-state index contributed by atoms with van der Waals surface area (Å²) in [6.07, 6.45) is 1.98. The van der Waals surface area contributed by atoms with Gasteiger partial charge in [0.15, 0.2) is 5.75 Å². The third-order valence-electron chi connectivity index (χ3n) is 5.17. The van der Waals surface area contributed by atoms with E-state index in [4.69, 9.17) is 9.84 Å². The zero-order valence-electron chi connectivity index (χ0n) is 18.6. The minimum atomic E-state index is -0.664. The van der Waals surface area contributed by atoms with Gasteiger partial charge in [0.25, 0.3) is 11.5 Å². The molecule has 0 aliphatic rings. The van der Waals surface area contributed by atoms with Crippen LogP contribution < -0.4 is 20.9 Å². The van der Waals surface area contributed by atoms with E-state index < -0.39 is 17.3 Å². The fourth-order valence-electron chi connectivity index (χ4n) is 3.54. The molecule has 9 nitrogen and oxygen atoms in total. The molecule has 3 N–H and O–H groups in total. The molecular weight excluding hydrogens is 431 g/mol. The molecule has 3 aromatic rings. The van der Waals surface area contributed by atoms with Crippen LogP contribution in [0.2, 0.25) is 0 Å². The predicted molar refractivity (Wildman–Crippen MR) is 120 cm³/mol. The summed E-state index contributed by atoms with van der Waals surface area (Å²) in [5.74, 6) is -1.25. The number of rotatable bonds is 8. The number of aliphatic hydroxyl groups is 1. The van der Waals surface area contributed by atoms with E-state index in [1.54, 1.807) is 18.3 Å². The molecule has 174 valence electrons. The van der Waals surface area contributed by atoms with Crippen molar-refractivity contribution >= 4 is 22.8 Å². The number of fused-ring (bicyclic) bond motifs is 1. The third kappa shape index (κ3) is 5.17. The molecule has 0 aliphatic carbocycles. The van der Waals surface area contributed by atoms with Gasteiger partial charge in [-0.1, -0.05) is 6.07 Å². The lowest BCUT2D eigenvalue weighted by Crippen LogP contribution is -2.34. The molecule has 2 heterocycles. The number of aromatic nitrogens is 2. The Kier molecular flexibility index (Phi) is 7.39. The number of amides is 2. The van der Waals surface area contributed by atoms with Crippen LogP contribution in [0.4, 0.5) is 4.39 Å². The van der Waals surface area contributed by atoms with Crippen molar-refractivity contribution in [3.8, 4) is 5.75 Å². The lowest BCUT2D eigenvalue weighted by atomic mass is 10.00. The quantitative estimate of drug-likeness (QED) is 0.465. The fourth-order valence-corrected chi connectivity index (χ4v) is 3.54. The zero-order valence-corrected chi connectivity index (χ0v) is 18.6. The molecule has 0 radical (unpaired) electrons. The van der Waals surface area contributed by atoms with E-state index in [0.29, 0.717) is 23.0 Å². The molecule has 0 spiro atoms. The first kappa shape index (κ1) is 23.9. The largest absolute Gasteiger partial charge is 0.493 e. The highest BCUT2D eigenvalue weighted by Gasteiger charge is 2.23. The van der Waals surface area contributed by atoms with Gasteiger partial charge in [-0.15, -0.1) is 0 Å². The maximum absolute atomic E-state index is 13.8. The Balaban J connectivity index is 2.05. The van der Waals surface area contributed by atoms with Gasteiger partial charge in [0.05, 0.1) is 19.2 Å². The van der Waals surface area contributed by atoms with E-state index in [-0.39, 0.29) is 36.9 Å². The number of benzene rings is 1. The number of carbonyl (C=O) groups excluding carboxylic acids is 2. The second-order valence-corrected chi connectivity index (χ2v) is 7.46. The van der Waals surface area contributed by atoms with Crippen LogP contribution in [-0.4, -0.2) is 46.7 Å². The SMILES string of the molecule is COc1c(C(=O)NCCO)c(=O)n(C)c2cc(Cc3ccc(F)cc3CNC(C)=O)cnc12. The second kappa shape index (κ2) is 10.2. The van der Waals surface area contributed by atoms with Crippen molar-refractivity contribution < 1.29 is 23.8 Å². The van der Waals surface area contributed by atoms with Crippen molar-refractivity contribution in [1.29, 1.82) is 0 Å². The Morgan fingerprint density at radius 1 is 1.21 bits per heavy atom. The van der Waals surface area contributed by atoms with Gasteiger partial charge in [-0.25, -0.2) is 4.39 Å². The monoisotopic (exact) mass is 456 g/mol. The molecule has 2 aromatic heterocycles. The molecule has 10 heteroatoms. The van der Waals surface area contributed by atoms with Crippen molar-refractivity contribution in [3.05, 3.63) is 68.9 Å². The van der Waals surface area contributed by atoms with Crippen LogP contribution >= 0.6 is 0 Å². The van der Waals surface area contributed by atoms with Crippen molar-refractivity contribution in [2.24, 2.45) is 7.05 Å². The minimum Gasteiger partial charge on any atom is -0.493 e. The Labute approximate surface area is 189 Å². The lowest BCUT2D eigenvalue weighted by Gasteiger charge is -2.15. The third-order valence-corrected chi connectivity index (χ3v) is 5.17. The molecule has 0 fully saturated rings. The highest BCUT2D eigenvalue weighted by atomic mass is 19.1. The number of ether oxygens (including phenoxy) is 1. The van der Waals surface area contributed by atoms with Crippen LogP contribution in [0.3, 0.4) is 0 Å². The number of methoxy groups -OCH3 is 1. The standard InChI is InChI=1S/C23H25FN4O5/c1-13(30)26-12-16-10-17(24)5-4-15(16)8-14-9-18-20(27-11-14)21(33-3)19(23(32)28(18)2)22(31)25-6-7-29/h4-5,9-11,29H,6-8,12H2,1-3H3,(H,25,31)(H,26,30). The zero-order chi connectivity index (χ0) is 24.1. The molecule has 0 saturated heterocycles. The molecule has 0 bridgehead atoms. The average molecular weight is 456 g/mol. The van der Waals surface area contributed by atoms with E-state index in [0.717, 1.165) is 11.1 Å². The van der Waals surface area contributed by atoms with Gasteiger partial charge in [-0.05, 0) is 41.3 Å².